The van der Waals surface area contributed by atoms with Crippen molar-refractivity contribution in [2.75, 3.05) is 11.6 Å². The Morgan fingerprint density at radius 1 is 1.40 bits per heavy atom. The molecule has 1 heterocycles. The van der Waals surface area contributed by atoms with Gasteiger partial charge in [0.2, 0.25) is 0 Å². The highest BCUT2D eigenvalue weighted by Gasteiger charge is 2.22. The number of hydrogen-bond acceptors (Lipinski definition) is 2. The second-order valence-corrected chi connectivity index (χ2v) is 3.64. The zero-order valence-electron chi connectivity index (χ0n) is 8.73. The number of carbonyl (C=O) groups excluding carboxylic acids is 1. The molecule has 0 aliphatic carbocycles. The topological polar surface area (TPSA) is 44.4 Å². The highest BCUT2D eigenvalue weighted by Crippen LogP contribution is 2.13. The lowest BCUT2D eigenvalue weighted by atomic mass is 10.2. The SMILES string of the molecule is CCC1CN(c2ccccc2)NC(=O)N1. The molecule has 1 aliphatic heterocycles. The molecule has 4 nitrogen and oxygen atoms in total. The Morgan fingerprint density at radius 2 is 2.13 bits per heavy atom. The van der Waals surface area contributed by atoms with Crippen molar-refractivity contribution >= 4 is 11.7 Å². The molecule has 0 aromatic heterocycles. The van der Waals surface area contributed by atoms with Crippen molar-refractivity contribution in [2.45, 2.75) is 19.4 Å². The minimum atomic E-state index is -0.128. The highest BCUT2D eigenvalue weighted by atomic mass is 16.2. The van der Waals surface area contributed by atoms with Gasteiger partial charge in [0.05, 0.1) is 12.2 Å². The molecule has 0 saturated carbocycles. The van der Waals surface area contributed by atoms with Crippen molar-refractivity contribution in [3.8, 4) is 0 Å². The molecular weight excluding hydrogens is 190 g/mol. The van der Waals surface area contributed by atoms with Crippen LogP contribution in [0.5, 0.6) is 0 Å². The average molecular weight is 205 g/mol. The van der Waals surface area contributed by atoms with Crippen molar-refractivity contribution in [1.82, 2.24) is 10.7 Å². The Morgan fingerprint density at radius 3 is 2.80 bits per heavy atom. The van der Waals surface area contributed by atoms with Crippen LogP contribution in [0.4, 0.5) is 10.5 Å². The Kier molecular flexibility index (Phi) is 2.76. The summed E-state index contributed by atoms with van der Waals surface area (Å²) >= 11 is 0. The molecule has 80 valence electrons. The van der Waals surface area contributed by atoms with E-state index in [1.165, 1.54) is 0 Å². The number of hydrazine groups is 1. The molecule has 2 rings (SSSR count). The van der Waals surface area contributed by atoms with Crippen molar-refractivity contribution in [1.29, 1.82) is 0 Å². The maximum absolute atomic E-state index is 11.4. The third kappa shape index (κ3) is 2.21. The summed E-state index contributed by atoms with van der Waals surface area (Å²) in [6, 6.07) is 9.95. The van der Waals surface area contributed by atoms with E-state index in [2.05, 4.69) is 17.7 Å². The van der Waals surface area contributed by atoms with Gasteiger partial charge in [0.15, 0.2) is 0 Å². The van der Waals surface area contributed by atoms with Crippen LogP contribution >= 0.6 is 0 Å². The van der Waals surface area contributed by atoms with E-state index in [9.17, 15) is 4.79 Å². The smallest absolute Gasteiger partial charge is 0.332 e. The van der Waals surface area contributed by atoms with E-state index < -0.39 is 0 Å². The number of benzene rings is 1. The van der Waals surface area contributed by atoms with Crippen molar-refractivity contribution in [3.63, 3.8) is 0 Å². The van der Waals surface area contributed by atoms with Crippen LogP contribution < -0.4 is 15.8 Å². The summed E-state index contributed by atoms with van der Waals surface area (Å²) < 4.78 is 0. The second kappa shape index (κ2) is 4.21. The van der Waals surface area contributed by atoms with Gasteiger partial charge in [-0.15, -0.1) is 0 Å². The number of anilines is 1. The molecule has 1 aromatic rings. The van der Waals surface area contributed by atoms with Gasteiger partial charge in [0, 0.05) is 6.04 Å². The number of carbonyl (C=O) groups is 1. The first-order valence-corrected chi connectivity index (χ1v) is 5.19. The van der Waals surface area contributed by atoms with Crippen LogP contribution in [0.15, 0.2) is 30.3 Å². The van der Waals surface area contributed by atoms with Gasteiger partial charge >= 0.3 is 6.03 Å². The van der Waals surface area contributed by atoms with Crippen LogP contribution in [0.3, 0.4) is 0 Å². The van der Waals surface area contributed by atoms with Gasteiger partial charge in [0.25, 0.3) is 0 Å². The molecule has 1 aromatic carbocycles. The zero-order valence-corrected chi connectivity index (χ0v) is 8.73. The summed E-state index contributed by atoms with van der Waals surface area (Å²) in [5, 5.41) is 4.76. The number of urea groups is 1. The van der Waals surface area contributed by atoms with Crippen LogP contribution in [0, 0.1) is 0 Å². The van der Waals surface area contributed by atoms with Gasteiger partial charge < -0.3 is 5.32 Å². The van der Waals surface area contributed by atoms with Crippen molar-refractivity contribution in [3.05, 3.63) is 30.3 Å². The number of rotatable bonds is 2. The van der Waals surface area contributed by atoms with E-state index in [0.29, 0.717) is 0 Å². The monoisotopic (exact) mass is 205 g/mol. The highest BCUT2D eigenvalue weighted by molar-refractivity contribution is 5.77. The predicted octanol–water partition coefficient (Wildman–Crippen LogP) is 1.50. The van der Waals surface area contributed by atoms with Crippen LogP contribution in [0.25, 0.3) is 0 Å². The van der Waals surface area contributed by atoms with Crippen molar-refractivity contribution in [2.24, 2.45) is 0 Å². The summed E-state index contributed by atoms with van der Waals surface area (Å²) in [7, 11) is 0. The fourth-order valence-corrected chi connectivity index (χ4v) is 1.66. The largest absolute Gasteiger partial charge is 0.333 e. The summed E-state index contributed by atoms with van der Waals surface area (Å²) in [5.74, 6) is 0. The van der Waals surface area contributed by atoms with Crippen LogP contribution in [-0.2, 0) is 0 Å². The predicted molar refractivity (Wildman–Crippen MR) is 59.5 cm³/mol. The zero-order chi connectivity index (χ0) is 10.7. The molecule has 0 radical (unpaired) electrons. The maximum atomic E-state index is 11.4. The molecule has 0 bridgehead atoms. The molecule has 15 heavy (non-hydrogen) atoms. The van der Waals surface area contributed by atoms with E-state index in [-0.39, 0.29) is 12.1 Å². The Labute approximate surface area is 89.2 Å². The summed E-state index contributed by atoms with van der Waals surface area (Å²) in [6.07, 6.45) is 0.941. The van der Waals surface area contributed by atoms with Gasteiger partial charge in [-0.3, -0.25) is 5.01 Å². The molecule has 4 heteroatoms. The summed E-state index contributed by atoms with van der Waals surface area (Å²) in [5.41, 5.74) is 3.80. The third-order valence-electron chi connectivity index (χ3n) is 2.54. The fourth-order valence-electron chi connectivity index (χ4n) is 1.66. The lowest BCUT2D eigenvalue weighted by Crippen LogP contribution is -2.60. The van der Waals surface area contributed by atoms with Gasteiger partial charge in [-0.1, -0.05) is 25.1 Å². The van der Waals surface area contributed by atoms with Gasteiger partial charge in [-0.2, -0.15) is 0 Å². The number of amides is 2. The number of nitrogens with zero attached hydrogens (tertiary/aromatic N) is 1. The lowest BCUT2D eigenvalue weighted by Gasteiger charge is -2.34. The minimum absolute atomic E-state index is 0.128. The molecule has 1 unspecified atom stereocenters. The molecule has 1 aliphatic rings. The Hall–Kier alpha value is -1.71. The number of nitrogens with one attached hydrogen (secondary N) is 2. The van der Waals surface area contributed by atoms with Crippen LogP contribution in [0.1, 0.15) is 13.3 Å². The lowest BCUT2D eigenvalue weighted by molar-refractivity contribution is 0.228. The Bertz CT molecular complexity index is 339. The quantitative estimate of drug-likeness (QED) is 0.768. The average Bonchev–Trinajstić information content (AvgIpc) is 2.29. The van der Waals surface area contributed by atoms with E-state index >= 15 is 0 Å². The molecule has 1 saturated heterocycles. The second-order valence-electron chi connectivity index (χ2n) is 3.64. The summed E-state index contributed by atoms with van der Waals surface area (Å²) in [6.45, 7) is 2.87. The van der Waals surface area contributed by atoms with Gasteiger partial charge in [-0.05, 0) is 18.6 Å². The normalized spacial score (nSPS) is 20.7. The molecular formula is C11H15N3O. The maximum Gasteiger partial charge on any atom is 0.333 e. The minimum Gasteiger partial charge on any atom is -0.332 e. The molecule has 0 spiro atoms. The number of para-hydroxylation sites is 1. The standard InChI is InChI=1S/C11H15N3O/c1-2-9-8-14(13-11(15)12-9)10-6-4-3-5-7-10/h3-7,9H,2,8H2,1H3,(H2,12,13,15). The Balaban J connectivity index is 2.12. The first kappa shape index (κ1) is 9.83. The third-order valence-corrected chi connectivity index (χ3v) is 2.54. The van der Waals surface area contributed by atoms with Gasteiger partial charge in [0.1, 0.15) is 0 Å². The van der Waals surface area contributed by atoms with Crippen LogP contribution in [0.2, 0.25) is 0 Å². The van der Waals surface area contributed by atoms with E-state index in [4.69, 9.17) is 0 Å². The number of hydrogen-bond donors (Lipinski definition) is 2. The van der Waals surface area contributed by atoms with Crippen molar-refractivity contribution < 1.29 is 4.79 Å². The molecule has 2 amide bonds. The van der Waals surface area contributed by atoms with Crippen LogP contribution in [-0.4, -0.2) is 18.6 Å². The van der Waals surface area contributed by atoms with E-state index in [1.807, 2.05) is 35.3 Å². The van der Waals surface area contributed by atoms with E-state index in [0.717, 1.165) is 18.7 Å². The first-order chi connectivity index (χ1) is 7.29. The summed E-state index contributed by atoms with van der Waals surface area (Å²) in [4.78, 5) is 11.4. The molecule has 2 N–H and O–H groups in total. The molecule has 1 fully saturated rings. The van der Waals surface area contributed by atoms with E-state index in [1.54, 1.807) is 0 Å². The molecule has 1 atom stereocenters. The first-order valence-electron chi connectivity index (χ1n) is 5.19. The fraction of sp³-hybridized carbons (Fsp3) is 0.364. The van der Waals surface area contributed by atoms with Gasteiger partial charge in [-0.25, -0.2) is 10.2 Å².